The third kappa shape index (κ3) is 3.79. The second-order valence-corrected chi connectivity index (χ2v) is 7.22. The van der Waals surface area contributed by atoms with E-state index < -0.39 is 41.8 Å². The highest BCUT2D eigenvalue weighted by Gasteiger charge is 2.57. The number of phenolic OH excluding ortho intramolecular Hbond substituents is 1. The Morgan fingerprint density at radius 2 is 1.69 bits per heavy atom. The van der Waals surface area contributed by atoms with E-state index in [1.54, 1.807) is 0 Å². The second-order valence-electron chi connectivity index (χ2n) is 7.22. The number of hydrogen-bond donors (Lipinski definition) is 6. The monoisotopic (exact) mass is 446 g/mol. The molecule has 0 spiro atoms. The minimum absolute atomic E-state index is 0.0267. The molecule has 1 fully saturated rings. The fourth-order valence-electron chi connectivity index (χ4n) is 3.32. The van der Waals surface area contributed by atoms with Gasteiger partial charge in [-0.3, -0.25) is 9.53 Å². The van der Waals surface area contributed by atoms with E-state index in [9.17, 15) is 35.1 Å². The SMILES string of the molecule is O=C(O)[C@H]1OC(O)(Oc2ccc3c(=O)cc(-c4ccc(O)cc4)oc3c2)[C@H](O)[C@@H](O)[C@@H]1O. The molecule has 0 aliphatic carbocycles. The van der Waals surface area contributed by atoms with E-state index in [1.807, 2.05) is 0 Å². The Kier molecular flexibility index (Phi) is 5.36. The smallest absolute Gasteiger partial charge is 0.355 e. The van der Waals surface area contributed by atoms with Crippen LogP contribution in [0, 0.1) is 0 Å². The number of aliphatic hydroxyl groups excluding tert-OH is 3. The minimum Gasteiger partial charge on any atom is -0.508 e. The molecule has 32 heavy (non-hydrogen) atoms. The summed E-state index contributed by atoms with van der Waals surface area (Å²) in [5.41, 5.74) is 0.138. The number of phenols is 1. The van der Waals surface area contributed by atoms with E-state index in [0.717, 1.165) is 0 Å². The summed E-state index contributed by atoms with van der Waals surface area (Å²) >= 11 is 0. The van der Waals surface area contributed by atoms with Crippen LogP contribution >= 0.6 is 0 Å². The molecule has 1 aliphatic heterocycles. The van der Waals surface area contributed by atoms with Crippen LogP contribution in [0.2, 0.25) is 0 Å². The van der Waals surface area contributed by atoms with Gasteiger partial charge in [0.2, 0.25) is 0 Å². The standard InChI is InChI=1S/C21H18O11/c22-10-3-1-9(2-4-10)14-8-13(23)12-6-5-11(7-15(12)30-14)31-21(29)19(26)17(25)16(24)18(32-21)20(27)28/h1-8,16-19,22,24-26,29H,(H,27,28)/t16-,17-,18-,19+,21?/m0/s1. The Morgan fingerprint density at radius 3 is 2.34 bits per heavy atom. The van der Waals surface area contributed by atoms with Crippen LogP contribution < -0.4 is 10.2 Å². The van der Waals surface area contributed by atoms with E-state index in [4.69, 9.17) is 19.0 Å². The number of benzene rings is 2. The molecule has 2 heterocycles. The van der Waals surface area contributed by atoms with E-state index in [0.29, 0.717) is 5.56 Å². The maximum Gasteiger partial charge on any atom is 0.355 e. The normalized spacial score (nSPS) is 27.9. The first-order valence-electron chi connectivity index (χ1n) is 9.32. The van der Waals surface area contributed by atoms with Gasteiger partial charge in [0.05, 0.1) is 5.39 Å². The maximum atomic E-state index is 12.5. The summed E-state index contributed by atoms with van der Waals surface area (Å²) in [5, 5.41) is 59.0. The summed E-state index contributed by atoms with van der Waals surface area (Å²) in [7, 11) is 0. The molecule has 0 bridgehead atoms. The maximum absolute atomic E-state index is 12.5. The lowest BCUT2D eigenvalue weighted by molar-refractivity contribution is -0.415. The number of ether oxygens (including phenoxy) is 2. The molecule has 1 aliphatic rings. The molecule has 4 rings (SSSR count). The second kappa shape index (κ2) is 7.89. The number of fused-ring (bicyclic) bond motifs is 1. The number of aliphatic carboxylic acids is 1. The summed E-state index contributed by atoms with van der Waals surface area (Å²) in [4.78, 5) is 23.7. The Labute approximate surface area is 178 Å². The average molecular weight is 446 g/mol. The van der Waals surface area contributed by atoms with Gasteiger partial charge in [0, 0.05) is 17.7 Å². The Hall–Kier alpha value is -3.48. The number of rotatable bonds is 4. The topological polar surface area (TPSA) is 187 Å². The van der Waals surface area contributed by atoms with Crippen LogP contribution in [0.25, 0.3) is 22.3 Å². The first-order chi connectivity index (χ1) is 15.1. The van der Waals surface area contributed by atoms with Crippen molar-refractivity contribution in [2.75, 3.05) is 0 Å². The Morgan fingerprint density at radius 1 is 1.00 bits per heavy atom. The van der Waals surface area contributed by atoms with Gasteiger partial charge in [0.1, 0.15) is 35.1 Å². The fraction of sp³-hybridized carbons (Fsp3) is 0.238. The van der Waals surface area contributed by atoms with E-state index >= 15 is 0 Å². The van der Waals surface area contributed by atoms with Crippen molar-refractivity contribution in [3.63, 3.8) is 0 Å². The first-order valence-corrected chi connectivity index (χ1v) is 9.32. The average Bonchev–Trinajstić information content (AvgIpc) is 2.75. The summed E-state index contributed by atoms with van der Waals surface area (Å²) in [6.07, 6.45) is -8.42. The van der Waals surface area contributed by atoms with E-state index in [-0.39, 0.29) is 28.2 Å². The molecule has 168 valence electrons. The lowest BCUT2D eigenvalue weighted by Gasteiger charge is -2.43. The molecule has 2 aromatic carbocycles. The van der Waals surface area contributed by atoms with E-state index in [1.165, 1.54) is 48.5 Å². The van der Waals surface area contributed by atoms with Crippen LogP contribution in [0.15, 0.2) is 57.7 Å². The number of hydrogen-bond acceptors (Lipinski definition) is 10. The van der Waals surface area contributed by atoms with Gasteiger partial charge in [0.15, 0.2) is 17.6 Å². The summed E-state index contributed by atoms with van der Waals surface area (Å²) in [5.74, 6) is -4.72. The van der Waals surface area contributed by atoms with Crippen molar-refractivity contribution in [1.82, 2.24) is 0 Å². The molecular weight excluding hydrogens is 428 g/mol. The zero-order valence-corrected chi connectivity index (χ0v) is 16.2. The fourth-order valence-corrected chi connectivity index (χ4v) is 3.32. The van der Waals surface area contributed by atoms with Gasteiger partial charge in [0.25, 0.3) is 0 Å². The van der Waals surface area contributed by atoms with Gasteiger partial charge >= 0.3 is 11.9 Å². The predicted octanol–water partition coefficient (Wildman–Crippen LogP) is -0.243. The van der Waals surface area contributed by atoms with Crippen molar-refractivity contribution in [1.29, 1.82) is 0 Å². The largest absolute Gasteiger partial charge is 0.508 e. The van der Waals surface area contributed by atoms with E-state index in [2.05, 4.69) is 0 Å². The van der Waals surface area contributed by atoms with Gasteiger partial charge in [-0.15, -0.1) is 0 Å². The van der Waals surface area contributed by atoms with Gasteiger partial charge in [-0.05, 0) is 36.4 Å². The van der Waals surface area contributed by atoms with Crippen LogP contribution in [-0.4, -0.2) is 67.0 Å². The predicted molar refractivity (Wildman–Crippen MR) is 106 cm³/mol. The van der Waals surface area contributed by atoms with Crippen molar-refractivity contribution < 1.29 is 49.3 Å². The van der Waals surface area contributed by atoms with Crippen molar-refractivity contribution >= 4 is 16.9 Å². The Balaban J connectivity index is 1.71. The van der Waals surface area contributed by atoms with Crippen LogP contribution in [0.5, 0.6) is 11.5 Å². The quantitative estimate of drug-likeness (QED) is 0.290. The lowest BCUT2D eigenvalue weighted by atomic mass is 9.97. The molecule has 1 saturated heterocycles. The molecule has 6 N–H and O–H groups in total. The van der Waals surface area contributed by atoms with Crippen LogP contribution in [0.4, 0.5) is 0 Å². The van der Waals surface area contributed by atoms with Crippen LogP contribution in [0.3, 0.4) is 0 Å². The first kappa shape index (κ1) is 21.7. The van der Waals surface area contributed by atoms with Gasteiger partial charge in [-0.25, -0.2) is 4.79 Å². The van der Waals surface area contributed by atoms with Crippen molar-refractivity contribution in [2.24, 2.45) is 0 Å². The Bertz CT molecular complexity index is 1220. The summed E-state index contributed by atoms with van der Waals surface area (Å²) in [6, 6.07) is 10.9. The molecule has 3 aromatic rings. The van der Waals surface area contributed by atoms with Gasteiger partial charge in [-0.2, -0.15) is 0 Å². The highest BCUT2D eigenvalue weighted by molar-refractivity contribution is 5.80. The molecule has 11 nitrogen and oxygen atoms in total. The number of aliphatic hydroxyl groups is 4. The summed E-state index contributed by atoms with van der Waals surface area (Å²) < 4.78 is 15.8. The van der Waals surface area contributed by atoms with Crippen LogP contribution in [0.1, 0.15) is 0 Å². The molecule has 5 atom stereocenters. The molecule has 1 aromatic heterocycles. The zero-order valence-electron chi connectivity index (χ0n) is 16.2. The van der Waals surface area contributed by atoms with Gasteiger partial charge in [-0.1, -0.05) is 0 Å². The number of carbonyl (C=O) groups is 1. The van der Waals surface area contributed by atoms with Gasteiger partial charge < -0.3 is 39.8 Å². The molecule has 0 saturated carbocycles. The van der Waals surface area contributed by atoms with Crippen molar-refractivity contribution in [2.45, 2.75) is 30.4 Å². The van der Waals surface area contributed by atoms with Crippen LogP contribution in [-0.2, 0) is 9.53 Å². The number of aromatic hydroxyl groups is 1. The summed E-state index contributed by atoms with van der Waals surface area (Å²) in [6.45, 7) is 0. The van der Waals surface area contributed by atoms with Crippen molar-refractivity contribution in [3.8, 4) is 22.8 Å². The highest BCUT2D eigenvalue weighted by Crippen LogP contribution is 2.33. The molecule has 11 heteroatoms. The zero-order chi connectivity index (χ0) is 23.2. The number of carboxylic acid groups (broad SMARTS) is 1. The molecule has 0 radical (unpaired) electrons. The van der Waals surface area contributed by atoms with Crippen molar-refractivity contribution in [3.05, 3.63) is 58.8 Å². The molecule has 1 unspecified atom stereocenters. The minimum atomic E-state index is -3.02. The highest BCUT2D eigenvalue weighted by atomic mass is 16.8. The molecular formula is C21H18O11. The third-order valence-electron chi connectivity index (χ3n) is 5.01. The number of carboxylic acids is 1. The third-order valence-corrected chi connectivity index (χ3v) is 5.01. The lowest BCUT2D eigenvalue weighted by Crippen LogP contribution is -2.68. The molecule has 0 amide bonds.